The van der Waals surface area contributed by atoms with Gasteiger partial charge >= 0.3 is 13.5 Å². The average Bonchev–Trinajstić information content (AvgIpc) is 3.07. The Morgan fingerprint density at radius 2 is 1.71 bits per heavy atom. The van der Waals surface area contributed by atoms with Crippen molar-refractivity contribution in [1.29, 1.82) is 0 Å². The highest BCUT2D eigenvalue weighted by atomic mass is 16.5. The van der Waals surface area contributed by atoms with Gasteiger partial charge in [0.1, 0.15) is 0 Å². The number of rotatable bonds is 7. The number of aromatic nitrogens is 2. The largest absolute Gasteiger partial charge is 0.427 e. The van der Waals surface area contributed by atoms with Crippen LogP contribution in [0.4, 0.5) is 6.01 Å². The fourth-order valence-corrected chi connectivity index (χ4v) is 2.95. The molecule has 0 amide bonds. The molecule has 2 heterocycles. The van der Waals surface area contributed by atoms with E-state index < -0.39 is 11.2 Å². The highest BCUT2D eigenvalue weighted by Gasteiger charge is 2.35. The highest BCUT2D eigenvalue weighted by molar-refractivity contribution is 6.47. The Labute approximate surface area is 168 Å². The van der Waals surface area contributed by atoms with E-state index >= 15 is 0 Å². The Bertz CT molecular complexity index is 763. The summed E-state index contributed by atoms with van der Waals surface area (Å²) in [5, 5.41) is 18.2. The van der Waals surface area contributed by atoms with Gasteiger partial charge in [-0.15, -0.1) is 5.10 Å². The van der Waals surface area contributed by atoms with Crippen molar-refractivity contribution in [2.24, 2.45) is 0 Å². The predicted octanol–water partition coefficient (Wildman–Crippen LogP) is 1.24. The van der Waals surface area contributed by atoms with Crippen molar-refractivity contribution in [3.05, 3.63) is 35.7 Å². The first-order valence-electron chi connectivity index (χ1n) is 9.86. The second-order valence-corrected chi connectivity index (χ2v) is 8.54. The first kappa shape index (κ1) is 20.8. The summed E-state index contributed by atoms with van der Waals surface area (Å²) in [6.07, 6.45) is 0. The van der Waals surface area contributed by atoms with E-state index in [1.165, 1.54) is 5.56 Å². The second kappa shape index (κ2) is 8.23. The number of hydrogen-bond donors (Lipinski definition) is 1. The number of piperazine rings is 1. The molecule has 1 aliphatic heterocycles. The third kappa shape index (κ3) is 5.13. The molecule has 0 bridgehead atoms. The van der Waals surface area contributed by atoms with Gasteiger partial charge < -0.3 is 19.1 Å². The summed E-state index contributed by atoms with van der Waals surface area (Å²) in [5.74, 6) is 0.604. The molecule has 0 aliphatic carbocycles. The van der Waals surface area contributed by atoms with Crippen LogP contribution in [0, 0.1) is 6.92 Å². The summed E-state index contributed by atoms with van der Waals surface area (Å²) < 4.78 is 11.5. The normalized spacial score (nSPS) is 16.4. The van der Waals surface area contributed by atoms with Crippen LogP contribution in [0.15, 0.2) is 28.7 Å². The van der Waals surface area contributed by atoms with Crippen LogP contribution in [0.1, 0.15) is 39.1 Å². The van der Waals surface area contributed by atoms with Crippen molar-refractivity contribution < 1.29 is 14.2 Å². The van der Waals surface area contributed by atoms with E-state index in [0.717, 1.165) is 38.2 Å². The average molecular weight is 386 g/mol. The summed E-state index contributed by atoms with van der Waals surface area (Å²) in [5.41, 5.74) is 0.891. The number of aryl methyl sites for hydroxylation is 1. The molecule has 0 atom stereocenters. The zero-order valence-electron chi connectivity index (χ0n) is 17.6. The fourth-order valence-electron chi connectivity index (χ4n) is 2.95. The molecule has 2 aromatic rings. The van der Waals surface area contributed by atoms with Gasteiger partial charge in [0, 0.05) is 39.6 Å². The lowest BCUT2D eigenvalue weighted by Gasteiger charge is -2.37. The van der Waals surface area contributed by atoms with Crippen molar-refractivity contribution in [2.45, 2.75) is 52.4 Å². The number of benzene rings is 1. The highest BCUT2D eigenvalue weighted by Crippen LogP contribution is 2.24. The molecule has 1 aromatic carbocycles. The van der Waals surface area contributed by atoms with Gasteiger partial charge in [0.25, 0.3) is 0 Å². The van der Waals surface area contributed by atoms with Crippen LogP contribution >= 0.6 is 0 Å². The molecule has 3 rings (SSSR count). The van der Waals surface area contributed by atoms with Gasteiger partial charge in [-0.05, 0) is 33.3 Å². The van der Waals surface area contributed by atoms with Crippen LogP contribution in [0.25, 0.3) is 0 Å². The monoisotopic (exact) mass is 386 g/mol. The maximum Gasteiger partial charge on any atom is 0.318 e. The Morgan fingerprint density at radius 3 is 2.25 bits per heavy atom. The molecule has 0 radical (unpaired) electrons. The predicted molar refractivity (Wildman–Crippen MR) is 111 cm³/mol. The molecule has 1 fully saturated rings. The quantitative estimate of drug-likeness (QED) is 0.718. The van der Waals surface area contributed by atoms with Crippen LogP contribution in [-0.4, -0.2) is 65.1 Å². The van der Waals surface area contributed by atoms with Crippen molar-refractivity contribution in [2.75, 3.05) is 31.1 Å². The topological polar surface area (TPSA) is 74.9 Å². The summed E-state index contributed by atoms with van der Waals surface area (Å²) >= 11 is 0. The lowest BCUT2D eigenvalue weighted by atomic mass is 9.82. The molecule has 1 saturated heterocycles. The van der Waals surface area contributed by atoms with Crippen LogP contribution in [-0.2, 0) is 11.2 Å². The van der Waals surface area contributed by atoms with Gasteiger partial charge in [0.05, 0.1) is 11.2 Å². The molecule has 28 heavy (non-hydrogen) atoms. The van der Waals surface area contributed by atoms with Crippen molar-refractivity contribution >= 4 is 19.0 Å². The molecule has 0 saturated carbocycles. The molecule has 8 heteroatoms. The molecule has 7 nitrogen and oxygen atoms in total. The minimum absolute atomic E-state index is 0.486. The second-order valence-electron chi connectivity index (χ2n) is 8.54. The minimum atomic E-state index is -0.894. The summed E-state index contributed by atoms with van der Waals surface area (Å²) in [6, 6.07) is 9.14. The number of hydrogen-bond acceptors (Lipinski definition) is 7. The Hall–Kier alpha value is -1.90. The Kier molecular flexibility index (Phi) is 6.12. The van der Waals surface area contributed by atoms with Gasteiger partial charge in [-0.3, -0.25) is 4.90 Å². The lowest BCUT2D eigenvalue weighted by Crippen LogP contribution is -2.49. The standard InChI is InChI=1S/C20H31BN4O3/c1-15-22-23-18(27-15)25-12-10-24(11-13-25)14-16-6-8-17(9-7-16)21-28-20(4,5)19(2,3)26/h6-9,21,26H,10-14H2,1-5H3. The maximum atomic E-state index is 10.2. The molecule has 0 unspecified atom stereocenters. The third-order valence-electron chi connectivity index (χ3n) is 5.66. The number of anilines is 1. The number of nitrogens with zero attached hydrogens (tertiary/aromatic N) is 4. The fraction of sp³-hybridized carbons (Fsp3) is 0.600. The molecular formula is C20H31BN4O3. The van der Waals surface area contributed by atoms with Crippen molar-refractivity contribution in [1.82, 2.24) is 15.1 Å². The van der Waals surface area contributed by atoms with Crippen LogP contribution < -0.4 is 10.4 Å². The van der Waals surface area contributed by atoms with Gasteiger partial charge in [-0.2, -0.15) is 0 Å². The van der Waals surface area contributed by atoms with E-state index in [4.69, 9.17) is 9.07 Å². The van der Waals surface area contributed by atoms with Crippen LogP contribution in [0.5, 0.6) is 0 Å². The molecule has 1 aliphatic rings. The van der Waals surface area contributed by atoms with Gasteiger partial charge in [-0.25, -0.2) is 0 Å². The van der Waals surface area contributed by atoms with E-state index in [1.54, 1.807) is 13.8 Å². The Morgan fingerprint density at radius 1 is 1.07 bits per heavy atom. The molecule has 152 valence electrons. The van der Waals surface area contributed by atoms with Gasteiger partial charge in [0.15, 0.2) is 0 Å². The van der Waals surface area contributed by atoms with Crippen molar-refractivity contribution in [3.63, 3.8) is 0 Å². The van der Waals surface area contributed by atoms with Gasteiger partial charge in [0.2, 0.25) is 5.89 Å². The number of aliphatic hydroxyl groups is 1. The smallest absolute Gasteiger partial charge is 0.318 e. The van der Waals surface area contributed by atoms with Crippen LogP contribution in [0.2, 0.25) is 0 Å². The van der Waals surface area contributed by atoms with Gasteiger partial charge in [-0.1, -0.05) is 34.8 Å². The van der Waals surface area contributed by atoms with E-state index in [9.17, 15) is 5.11 Å². The minimum Gasteiger partial charge on any atom is -0.427 e. The van der Waals surface area contributed by atoms with Crippen LogP contribution in [0.3, 0.4) is 0 Å². The van der Waals surface area contributed by atoms with E-state index in [-0.39, 0.29) is 0 Å². The first-order chi connectivity index (χ1) is 13.1. The maximum absolute atomic E-state index is 10.2. The molecular weight excluding hydrogens is 355 g/mol. The summed E-state index contributed by atoms with van der Waals surface area (Å²) in [7, 11) is 0.486. The summed E-state index contributed by atoms with van der Waals surface area (Å²) in [4.78, 5) is 4.57. The molecule has 0 spiro atoms. The zero-order chi connectivity index (χ0) is 20.4. The van der Waals surface area contributed by atoms with E-state index in [1.807, 2.05) is 20.8 Å². The van der Waals surface area contributed by atoms with E-state index in [2.05, 4.69) is 44.3 Å². The lowest BCUT2D eigenvalue weighted by molar-refractivity contribution is -0.0893. The van der Waals surface area contributed by atoms with Crippen molar-refractivity contribution in [3.8, 4) is 0 Å². The molecule has 1 N–H and O–H groups in total. The first-order valence-corrected chi connectivity index (χ1v) is 9.86. The Balaban J connectivity index is 1.47. The SMILES string of the molecule is Cc1nnc(N2CCN(Cc3ccc(BOC(C)(C)C(C)(C)O)cc3)CC2)o1. The zero-order valence-corrected chi connectivity index (χ0v) is 17.6. The third-order valence-corrected chi connectivity index (χ3v) is 5.66. The summed E-state index contributed by atoms with van der Waals surface area (Å²) in [6.45, 7) is 13.8. The van der Waals surface area contributed by atoms with E-state index in [0.29, 0.717) is 19.4 Å². The molecule has 1 aromatic heterocycles.